The van der Waals surface area contributed by atoms with Crippen LogP contribution in [-0.4, -0.2) is 100 Å². The molecule has 2 fully saturated rings. The predicted octanol–water partition coefficient (Wildman–Crippen LogP) is 7.23. The number of anilines is 3. The van der Waals surface area contributed by atoms with E-state index in [4.69, 9.17) is 0 Å². The molecule has 2 N–H and O–H groups in total. The standard InChI is InChI=1S/C49H49N7O6S/c57-37-19-20-41(42(58)30-37)56-47(61)38-11-8-12-40(43(38)48(56)62)50-21-6-1-2-7-23-53-24-26-54(27-25-53)36-17-15-32(16-18-36)34-13-14-35-31-55(46(60)39(35)29-34)44(33-9-4-3-5-10-33)45(59)52-49-51-22-28-63-49/h3-5,8-18,22,28-29,41,44,50H,1-2,6-7,19-21,23-27,30-31H2,(H,51,52,59). The van der Waals surface area contributed by atoms with E-state index in [0.29, 0.717) is 40.6 Å². The number of hydrogen-bond acceptors (Lipinski definition) is 11. The third kappa shape index (κ3) is 8.78. The number of nitrogens with one attached hydrogen (secondary N) is 2. The van der Waals surface area contributed by atoms with Gasteiger partial charge in [0.05, 0.1) is 23.6 Å². The maximum atomic E-state index is 14.0. The average Bonchev–Trinajstić information content (AvgIpc) is 4.00. The SMILES string of the molecule is O=C1CCC(N2C(=O)c3cccc(NCCCCCCN4CCN(c5ccc(-c6ccc7c(c6)C(=O)N(C(C(=O)Nc6nccs6)c6ccccc6)C7)cc5)CC4)c3C2=O)C(=O)C1. The average molecular weight is 864 g/mol. The zero-order valence-electron chi connectivity index (χ0n) is 35.0. The number of amides is 4. The summed E-state index contributed by atoms with van der Waals surface area (Å²) in [6.45, 7) is 5.91. The van der Waals surface area contributed by atoms with Gasteiger partial charge in [0, 0.05) is 74.2 Å². The van der Waals surface area contributed by atoms with Crippen molar-refractivity contribution in [1.29, 1.82) is 0 Å². The Morgan fingerprint density at radius 3 is 2.32 bits per heavy atom. The monoisotopic (exact) mass is 863 g/mol. The van der Waals surface area contributed by atoms with Crippen LogP contribution >= 0.6 is 11.3 Å². The Balaban J connectivity index is 0.718. The van der Waals surface area contributed by atoms with Crippen LogP contribution in [0.25, 0.3) is 11.1 Å². The zero-order valence-corrected chi connectivity index (χ0v) is 35.8. The summed E-state index contributed by atoms with van der Waals surface area (Å²) in [5.74, 6) is -1.90. The van der Waals surface area contributed by atoms with E-state index in [0.717, 1.165) is 85.6 Å². The molecule has 3 aliphatic heterocycles. The van der Waals surface area contributed by atoms with Crippen LogP contribution in [0.4, 0.5) is 16.5 Å². The fraction of sp³-hybridized carbons (Fsp3) is 0.327. The molecule has 0 spiro atoms. The minimum atomic E-state index is -0.873. The molecule has 5 aromatic rings. The summed E-state index contributed by atoms with van der Waals surface area (Å²) in [6.07, 6.45) is 5.95. The Labute approximate surface area is 370 Å². The molecule has 14 heteroatoms. The van der Waals surface area contributed by atoms with Crippen molar-refractivity contribution in [1.82, 2.24) is 19.7 Å². The van der Waals surface area contributed by atoms with Gasteiger partial charge < -0.3 is 15.1 Å². The lowest BCUT2D eigenvalue weighted by Crippen LogP contribution is -2.47. The highest BCUT2D eigenvalue weighted by atomic mass is 32.1. The first kappa shape index (κ1) is 41.8. The number of carbonyl (C=O) groups excluding carboxylic acids is 6. The number of hydrogen-bond donors (Lipinski definition) is 2. The smallest absolute Gasteiger partial charge is 0.264 e. The third-order valence-electron chi connectivity index (χ3n) is 12.6. The number of piperazine rings is 1. The summed E-state index contributed by atoms with van der Waals surface area (Å²) >= 11 is 1.34. The van der Waals surface area contributed by atoms with Crippen molar-refractivity contribution in [3.8, 4) is 11.1 Å². The number of ketones is 2. The molecule has 322 valence electrons. The van der Waals surface area contributed by atoms with Crippen molar-refractivity contribution in [3.05, 3.63) is 130 Å². The van der Waals surface area contributed by atoms with Gasteiger partial charge in [-0.25, -0.2) is 4.98 Å². The van der Waals surface area contributed by atoms with Gasteiger partial charge in [0.15, 0.2) is 10.9 Å². The summed E-state index contributed by atoms with van der Waals surface area (Å²) in [5, 5.41) is 8.55. The Morgan fingerprint density at radius 2 is 1.56 bits per heavy atom. The van der Waals surface area contributed by atoms with E-state index < -0.39 is 23.9 Å². The van der Waals surface area contributed by atoms with Gasteiger partial charge in [-0.3, -0.25) is 43.9 Å². The molecule has 4 aliphatic rings. The molecular formula is C49H49N7O6S. The van der Waals surface area contributed by atoms with Gasteiger partial charge in [-0.2, -0.15) is 0 Å². The summed E-state index contributed by atoms with van der Waals surface area (Å²) in [4.78, 5) is 90.3. The van der Waals surface area contributed by atoms with E-state index in [-0.39, 0.29) is 42.6 Å². The van der Waals surface area contributed by atoms with E-state index in [1.165, 1.54) is 17.0 Å². The van der Waals surface area contributed by atoms with Crippen LogP contribution in [-0.2, 0) is 20.9 Å². The van der Waals surface area contributed by atoms with Crippen LogP contribution in [0, 0.1) is 0 Å². The van der Waals surface area contributed by atoms with E-state index in [1.807, 2.05) is 42.5 Å². The Bertz CT molecular complexity index is 2540. The Hall–Kier alpha value is -6.51. The summed E-state index contributed by atoms with van der Waals surface area (Å²) in [5.41, 5.74) is 6.63. The van der Waals surface area contributed by atoms with Crippen molar-refractivity contribution >= 4 is 63.0 Å². The first-order valence-corrected chi connectivity index (χ1v) is 22.7. The zero-order chi connectivity index (χ0) is 43.5. The molecule has 0 radical (unpaired) electrons. The number of carbonyl (C=O) groups is 6. The fourth-order valence-corrected chi connectivity index (χ4v) is 9.81. The second kappa shape index (κ2) is 18.5. The van der Waals surface area contributed by atoms with Crippen LogP contribution in [0.5, 0.6) is 0 Å². The van der Waals surface area contributed by atoms with Gasteiger partial charge >= 0.3 is 0 Å². The van der Waals surface area contributed by atoms with Gasteiger partial charge in [-0.15, -0.1) is 11.3 Å². The van der Waals surface area contributed by atoms with E-state index in [9.17, 15) is 28.8 Å². The van der Waals surface area contributed by atoms with Gasteiger partial charge in [-0.1, -0.05) is 73.5 Å². The number of rotatable bonds is 15. The van der Waals surface area contributed by atoms with E-state index >= 15 is 0 Å². The van der Waals surface area contributed by atoms with Crippen molar-refractivity contribution in [2.75, 3.05) is 54.8 Å². The molecule has 63 heavy (non-hydrogen) atoms. The number of thiazole rings is 1. The number of aromatic nitrogens is 1. The van der Waals surface area contributed by atoms with Gasteiger partial charge in [-0.05, 0) is 78.4 Å². The lowest BCUT2D eigenvalue weighted by Gasteiger charge is -2.36. The lowest BCUT2D eigenvalue weighted by molar-refractivity contribution is -0.132. The second-order valence-electron chi connectivity index (χ2n) is 16.6. The fourth-order valence-electron chi connectivity index (χ4n) is 9.28. The highest BCUT2D eigenvalue weighted by Crippen LogP contribution is 2.36. The van der Waals surface area contributed by atoms with Crippen LogP contribution in [0.1, 0.15) is 93.2 Å². The largest absolute Gasteiger partial charge is 0.384 e. The molecule has 4 amide bonds. The summed E-state index contributed by atoms with van der Waals surface area (Å²) < 4.78 is 0. The van der Waals surface area contributed by atoms with Crippen LogP contribution in [0.3, 0.4) is 0 Å². The van der Waals surface area contributed by atoms with Gasteiger partial charge in [0.25, 0.3) is 23.6 Å². The van der Waals surface area contributed by atoms with Gasteiger partial charge in [0.2, 0.25) is 0 Å². The van der Waals surface area contributed by atoms with Crippen LogP contribution < -0.4 is 15.5 Å². The van der Waals surface area contributed by atoms with Crippen LogP contribution in [0.2, 0.25) is 0 Å². The number of imide groups is 1. The minimum absolute atomic E-state index is 0.146. The molecule has 1 aliphatic carbocycles. The molecular weight excluding hydrogens is 815 g/mol. The maximum Gasteiger partial charge on any atom is 0.264 e. The molecule has 4 heterocycles. The molecule has 1 saturated carbocycles. The minimum Gasteiger partial charge on any atom is -0.384 e. The number of fused-ring (bicyclic) bond motifs is 2. The maximum absolute atomic E-state index is 14.0. The molecule has 2 unspecified atom stereocenters. The van der Waals surface area contributed by atoms with E-state index in [1.54, 1.807) is 34.7 Å². The number of Topliss-reactive ketones (excluding diaryl/α,β-unsaturated/α-hetero) is 2. The molecule has 9 rings (SSSR count). The summed E-state index contributed by atoms with van der Waals surface area (Å²) in [6, 6.07) is 27.4. The number of benzene rings is 4. The normalized spacial score (nSPS) is 18.2. The molecule has 1 saturated heterocycles. The predicted molar refractivity (Wildman–Crippen MR) is 242 cm³/mol. The quantitative estimate of drug-likeness (QED) is 0.0627. The Kier molecular flexibility index (Phi) is 12.3. The summed E-state index contributed by atoms with van der Waals surface area (Å²) in [7, 11) is 0. The molecule has 13 nitrogen and oxygen atoms in total. The number of nitrogens with zero attached hydrogens (tertiary/aromatic N) is 5. The lowest BCUT2D eigenvalue weighted by atomic mass is 9.92. The molecule has 4 aromatic carbocycles. The van der Waals surface area contributed by atoms with Crippen molar-refractivity contribution in [2.24, 2.45) is 0 Å². The topological polar surface area (TPSA) is 152 Å². The van der Waals surface area contributed by atoms with Crippen molar-refractivity contribution < 1.29 is 28.8 Å². The van der Waals surface area contributed by atoms with Crippen molar-refractivity contribution in [2.45, 2.75) is 63.6 Å². The van der Waals surface area contributed by atoms with E-state index in [2.05, 4.69) is 55.7 Å². The molecule has 1 aromatic heterocycles. The highest BCUT2D eigenvalue weighted by Gasteiger charge is 2.45. The third-order valence-corrected chi connectivity index (χ3v) is 13.3. The Morgan fingerprint density at radius 1 is 0.778 bits per heavy atom. The second-order valence-corrected chi connectivity index (χ2v) is 17.5. The molecule has 2 atom stereocenters. The highest BCUT2D eigenvalue weighted by molar-refractivity contribution is 7.13. The van der Waals surface area contributed by atoms with Crippen molar-refractivity contribution in [3.63, 3.8) is 0 Å². The number of unbranched alkanes of at least 4 members (excludes halogenated alkanes) is 3. The van der Waals surface area contributed by atoms with Gasteiger partial charge in [0.1, 0.15) is 11.8 Å². The first-order valence-electron chi connectivity index (χ1n) is 21.8. The first-order chi connectivity index (χ1) is 30.7. The van der Waals surface area contributed by atoms with Crippen LogP contribution in [0.15, 0.2) is 103 Å². The molecule has 0 bridgehead atoms.